The Labute approximate surface area is 253 Å². The van der Waals surface area contributed by atoms with E-state index in [4.69, 9.17) is 4.74 Å². The fourth-order valence-corrected chi connectivity index (χ4v) is 9.68. The lowest BCUT2D eigenvalue weighted by Gasteiger charge is -2.60. The van der Waals surface area contributed by atoms with Gasteiger partial charge in [-0.25, -0.2) is 0 Å². The van der Waals surface area contributed by atoms with Crippen LogP contribution in [0.3, 0.4) is 0 Å². The second kappa shape index (κ2) is 11.0. The summed E-state index contributed by atoms with van der Waals surface area (Å²) in [6.45, 7) is -2.24. The second-order valence-corrected chi connectivity index (χ2v) is 14.4. The number of ether oxygens (including phenoxy) is 2. The Morgan fingerprint density at radius 2 is 1.23 bits per heavy atom. The van der Waals surface area contributed by atoms with Gasteiger partial charge in [-0.05, 0) is 92.5 Å². The van der Waals surface area contributed by atoms with Crippen LogP contribution in [-0.4, -0.2) is 41.2 Å². The van der Waals surface area contributed by atoms with Crippen molar-refractivity contribution in [2.75, 3.05) is 6.61 Å². The van der Waals surface area contributed by atoms with E-state index in [0.717, 1.165) is 21.1 Å². The highest BCUT2D eigenvalue weighted by atomic mass is 32.2. The average molecular weight is 638 g/mol. The zero-order valence-corrected chi connectivity index (χ0v) is 24.4. The van der Waals surface area contributed by atoms with Gasteiger partial charge in [0.15, 0.2) is 14.7 Å². The number of alkyl halides is 6. The van der Waals surface area contributed by atoms with E-state index in [1.807, 2.05) is 60.7 Å². The lowest BCUT2D eigenvalue weighted by atomic mass is 9.48. The minimum atomic E-state index is -6.07. The van der Waals surface area contributed by atoms with Crippen molar-refractivity contribution in [3.63, 3.8) is 0 Å². The van der Waals surface area contributed by atoms with E-state index in [1.54, 1.807) is 0 Å². The first-order valence-electron chi connectivity index (χ1n) is 14.4. The van der Waals surface area contributed by atoms with Crippen LogP contribution in [0.15, 0.2) is 99.6 Å². The molecular formula is C33H31F6O4S+. The van der Waals surface area contributed by atoms with Crippen LogP contribution in [0.25, 0.3) is 0 Å². The number of carbonyl (C=O) groups excluding carboxylic acids is 1. The van der Waals surface area contributed by atoms with Gasteiger partial charge < -0.3 is 14.6 Å². The largest absolute Gasteiger partial charge is 0.487 e. The summed E-state index contributed by atoms with van der Waals surface area (Å²) >= 11 is 0. The Balaban J connectivity index is 1.22. The third-order valence-electron chi connectivity index (χ3n) is 9.14. The van der Waals surface area contributed by atoms with Crippen LogP contribution >= 0.6 is 0 Å². The van der Waals surface area contributed by atoms with Crippen LogP contribution < -0.4 is 4.74 Å². The van der Waals surface area contributed by atoms with Crippen molar-refractivity contribution >= 4 is 16.9 Å². The maximum atomic E-state index is 13.3. The fourth-order valence-electron chi connectivity index (χ4n) is 7.60. The van der Waals surface area contributed by atoms with E-state index in [9.17, 15) is 36.2 Å². The van der Waals surface area contributed by atoms with Crippen molar-refractivity contribution in [3.8, 4) is 5.75 Å². The number of halogens is 6. The van der Waals surface area contributed by atoms with Gasteiger partial charge >= 0.3 is 18.3 Å². The van der Waals surface area contributed by atoms with E-state index in [-0.39, 0.29) is 29.2 Å². The number of hydrogen-bond acceptors (Lipinski definition) is 4. The summed E-state index contributed by atoms with van der Waals surface area (Å²) in [7, 11) is -0.368. The molecule has 4 nitrogen and oxygen atoms in total. The number of benzene rings is 3. The molecule has 2 atom stereocenters. The number of esters is 1. The third kappa shape index (κ3) is 5.57. The number of rotatable bonds is 8. The standard InChI is InChI=1S/C33H31F6O4S/c34-32(35,36)31(41,33(37,38)39)21-42-28(40)29-16-22-15-23(17-29)19-30(18-22,20-29)43-24-11-13-27(14-12-24)44(25-7-3-1-4-8-25)26-9-5-2-6-10-26/h1-14,22-23,41H,15-21H2/q+1. The molecule has 4 aliphatic rings. The maximum Gasteiger partial charge on any atom is 0.429 e. The first-order chi connectivity index (χ1) is 20.7. The molecule has 11 heteroatoms. The fraction of sp³-hybridized carbons (Fsp3) is 0.424. The molecule has 4 aliphatic carbocycles. The van der Waals surface area contributed by atoms with Crippen LogP contribution in [0, 0.1) is 17.3 Å². The quantitative estimate of drug-likeness (QED) is 0.155. The molecule has 3 aromatic carbocycles. The van der Waals surface area contributed by atoms with Crippen molar-refractivity contribution < 1.29 is 45.7 Å². The second-order valence-electron chi connectivity index (χ2n) is 12.4. The van der Waals surface area contributed by atoms with Crippen molar-refractivity contribution in [1.29, 1.82) is 0 Å². The summed E-state index contributed by atoms with van der Waals surface area (Å²) in [5.41, 5.74) is -7.21. The summed E-state index contributed by atoms with van der Waals surface area (Å²) < 4.78 is 90.5. The van der Waals surface area contributed by atoms with Crippen LogP contribution in [0.5, 0.6) is 5.75 Å². The lowest BCUT2D eigenvalue weighted by molar-refractivity contribution is -0.376. The van der Waals surface area contributed by atoms with E-state index in [2.05, 4.69) is 29.0 Å². The maximum absolute atomic E-state index is 13.3. The molecule has 3 aromatic rings. The molecule has 4 fully saturated rings. The van der Waals surface area contributed by atoms with Crippen molar-refractivity contribution in [1.82, 2.24) is 0 Å². The Kier molecular flexibility index (Phi) is 7.72. The van der Waals surface area contributed by atoms with Gasteiger partial charge in [0.2, 0.25) is 0 Å². The Morgan fingerprint density at radius 3 is 1.70 bits per heavy atom. The molecule has 0 amide bonds. The van der Waals surface area contributed by atoms with Gasteiger partial charge in [-0.3, -0.25) is 4.79 Å². The van der Waals surface area contributed by atoms with Gasteiger partial charge in [0, 0.05) is 6.42 Å². The summed E-state index contributed by atoms with van der Waals surface area (Å²) in [5, 5.41) is 9.52. The Bertz CT molecular complexity index is 1410. The number of hydrogen-bond donors (Lipinski definition) is 1. The topological polar surface area (TPSA) is 55.8 Å². The molecule has 0 saturated heterocycles. The van der Waals surface area contributed by atoms with Crippen molar-refractivity contribution in [2.24, 2.45) is 17.3 Å². The summed E-state index contributed by atoms with van der Waals surface area (Å²) in [6, 6.07) is 28.0. The minimum Gasteiger partial charge on any atom is -0.487 e. The molecule has 7 rings (SSSR count). The first-order valence-corrected chi connectivity index (χ1v) is 15.6. The normalized spacial score (nSPS) is 26.5. The number of carbonyl (C=O) groups is 1. The zero-order valence-electron chi connectivity index (χ0n) is 23.5. The molecule has 2 unspecified atom stereocenters. The predicted octanol–water partition coefficient (Wildman–Crippen LogP) is 7.90. The van der Waals surface area contributed by atoms with E-state index >= 15 is 0 Å². The molecule has 4 bridgehead atoms. The van der Waals surface area contributed by atoms with Crippen LogP contribution in [0.2, 0.25) is 0 Å². The highest BCUT2D eigenvalue weighted by Crippen LogP contribution is 2.63. The van der Waals surface area contributed by atoms with Gasteiger partial charge in [0.05, 0.1) is 16.3 Å². The smallest absolute Gasteiger partial charge is 0.429 e. The van der Waals surface area contributed by atoms with Crippen LogP contribution in [0.1, 0.15) is 38.5 Å². The number of aliphatic hydroxyl groups is 1. The van der Waals surface area contributed by atoms with E-state index in [1.165, 1.54) is 0 Å². The molecule has 1 N–H and O–H groups in total. The molecule has 0 aliphatic heterocycles. The van der Waals surface area contributed by atoms with Crippen molar-refractivity contribution in [3.05, 3.63) is 84.9 Å². The van der Waals surface area contributed by atoms with Gasteiger partial charge in [0.1, 0.15) is 18.0 Å². The predicted molar refractivity (Wildman–Crippen MR) is 150 cm³/mol. The molecule has 0 heterocycles. The van der Waals surface area contributed by atoms with Crippen molar-refractivity contribution in [2.45, 2.75) is 76.8 Å². The first kappa shape index (κ1) is 30.8. The van der Waals surface area contributed by atoms with Gasteiger partial charge in [-0.15, -0.1) is 0 Å². The highest BCUT2D eigenvalue weighted by molar-refractivity contribution is 7.97. The van der Waals surface area contributed by atoms with Gasteiger partial charge in [-0.1, -0.05) is 36.4 Å². The average Bonchev–Trinajstić information content (AvgIpc) is 2.96. The summed E-state index contributed by atoms with van der Waals surface area (Å²) in [6.07, 6.45) is -9.32. The van der Waals surface area contributed by atoms with Gasteiger partial charge in [-0.2, -0.15) is 26.3 Å². The Morgan fingerprint density at radius 1 is 0.750 bits per heavy atom. The molecular weight excluding hydrogens is 606 g/mol. The van der Waals surface area contributed by atoms with E-state index < -0.39 is 41.5 Å². The van der Waals surface area contributed by atoms with Crippen LogP contribution in [0.4, 0.5) is 26.3 Å². The molecule has 0 aromatic heterocycles. The summed E-state index contributed by atoms with van der Waals surface area (Å²) in [4.78, 5) is 16.6. The molecule has 44 heavy (non-hydrogen) atoms. The molecule has 0 radical (unpaired) electrons. The minimum absolute atomic E-state index is 0.0224. The lowest BCUT2D eigenvalue weighted by Crippen LogP contribution is -2.63. The summed E-state index contributed by atoms with van der Waals surface area (Å²) in [5.74, 6) is -0.521. The van der Waals surface area contributed by atoms with Gasteiger partial charge in [0.25, 0.3) is 5.60 Å². The molecule has 4 saturated carbocycles. The third-order valence-corrected chi connectivity index (χ3v) is 11.4. The van der Waals surface area contributed by atoms with E-state index in [0.29, 0.717) is 31.4 Å². The molecule has 234 valence electrons. The monoisotopic (exact) mass is 637 g/mol. The highest BCUT2D eigenvalue weighted by Gasteiger charge is 2.72. The zero-order chi connectivity index (χ0) is 31.4. The van der Waals surface area contributed by atoms with Crippen LogP contribution in [-0.2, 0) is 20.4 Å². The Hall–Kier alpha value is -3.18. The SMILES string of the molecule is O=C(OCC(O)(C(F)(F)F)C(F)(F)F)C12CC3CC(CC(Oc4ccc([S+](c5ccccc5)c5ccccc5)cc4)(C3)C1)C2. The molecule has 0 spiro atoms.